The monoisotopic (exact) mass is 276 g/mol. The average Bonchev–Trinajstić information content (AvgIpc) is 2.88. The molecule has 0 saturated heterocycles. The number of carbonyl (C=O) groups excluding carboxylic acids is 1. The predicted molar refractivity (Wildman–Crippen MR) is 70.8 cm³/mol. The molecule has 0 aliphatic heterocycles. The van der Waals surface area contributed by atoms with E-state index in [2.05, 4.69) is 15.6 Å². The Kier molecular flexibility index (Phi) is 4.67. The van der Waals surface area contributed by atoms with Crippen LogP contribution in [0, 0.1) is 0 Å². The summed E-state index contributed by atoms with van der Waals surface area (Å²) in [4.78, 5) is 11.4. The lowest BCUT2D eigenvalue weighted by molar-refractivity contribution is -0.121. The number of amides is 1. The van der Waals surface area contributed by atoms with E-state index in [0.717, 1.165) is 0 Å². The van der Waals surface area contributed by atoms with Crippen molar-refractivity contribution in [2.24, 2.45) is 0 Å². The van der Waals surface area contributed by atoms with Crippen LogP contribution in [0.25, 0.3) is 0 Å². The third kappa shape index (κ3) is 3.33. The van der Waals surface area contributed by atoms with Gasteiger partial charge in [0, 0.05) is 7.05 Å². The molecule has 7 nitrogen and oxygen atoms in total. The fourth-order valence-electron chi connectivity index (χ4n) is 1.66. The highest BCUT2D eigenvalue weighted by Crippen LogP contribution is 2.13. The fraction of sp³-hybridized carbons (Fsp3) is 0.308. The first kappa shape index (κ1) is 14.0. The van der Waals surface area contributed by atoms with Crippen LogP contribution >= 0.6 is 0 Å². The maximum absolute atomic E-state index is 11.4. The molecule has 0 aliphatic rings. The van der Waals surface area contributed by atoms with Crippen molar-refractivity contribution in [2.45, 2.75) is 19.8 Å². The largest absolute Gasteiger partial charge is 0.487 e. The van der Waals surface area contributed by atoms with Gasteiger partial charge in [0.25, 0.3) is 0 Å². The molecule has 0 fully saturated rings. The normalized spacial score (nSPS) is 10.3. The van der Waals surface area contributed by atoms with Crippen LogP contribution in [-0.2, 0) is 24.6 Å². The number of benzene rings is 1. The van der Waals surface area contributed by atoms with Gasteiger partial charge in [-0.25, -0.2) is 4.68 Å². The van der Waals surface area contributed by atoms with E-state index in [9.17, 15) is 9.90 Å². The first-order valence-corrected chi connectivity index (χ1v) is 6.15. The molecule has 2 N–H and O–H groups in total. The van der Waals surface area contributed by atoms with Gasteiger partial charge in [-0.2, -0.15) is 0 Å². The summed E-state index contributed by atoms with van der Waals surface area (Å²) in [5.41, 5.74) is 0.991. The number of aliphatic hydroxyl groups is 1. The van der Waals surface area contributed by atoms with Gasteiger partial charge in [-0.15, -0.1) is 5.10 Å². The second kappa shape index (κ2) is 6.67. The minimum atomic E-state index is -0.249. The Morgan fingerprint density at radius 2 is 2.15 bits per heavy atom. The lowest BCUT2D eigenvalue weighted by atomic mass is 10.3. The zero-order valence-corrected chi connectivity index (χ0v) is 11.1. The second-order valence-corrected chi connectivity index (χ2v) is 4.07. The Labute approximate surface area is 116 Å². The number of para-hydroxylation sites is 1. The van der Waals surface area contributed by atoms with Crippen molar-refractivity contribution in [2.75, 3.05) is 7.05 Å². The van der Waals surface area contributed by atoms with Crippen LogP contribution in [0.5, 0.6) is 5.75 Å². The van der Waals surface area contributed by atoms with Gasteiger partial charge in [0.05, 0.1) is 6.61 Å². The lowest BCUT2D eigenvalue weighted by Gasteiger charge is -2.09. The number of rotatable bonds is 6. The van der Waals surface area contributed by atoms with E-state index in [1.54, 1.807) is 7.05 Å². The molecule has 2 aromatic rings. The summed E-state index contributed by atoms with van der Waals surface area (Å²) >= 11 is 0. The lowest BCUT2D eigenvalue weighted by Crippen LogP contribution is -2.25. The van der Waals surface area contributed by atoms with E-state index in [1.807, 2.05) is 30.3 Å². The van der Waals surface area contributed by atoms with Crippen molar-refractivity contribution >= 4 is 5.91 Å². The SMILES string of the molecule is CNC(=O)Cn1nnc(CO)c1COc1ccccc1. The summed E-state index contributed by atoms with van der Waals surface area (Å²) in [5, 5.41) is 19.4. The van der Waals surface area contributed by atoms with Gasteiger partial charge < -0.3 is 15.2 Å². The van der Waals surface area contributed by atoms with Crippen molar-refractivity contribution in [3.63, 3.8) is 0 Å². The molecule has 1 heterocycles. The van der Waals surface area contributed by atoms with Crippen molar-refractivity contribution in [1.29, 1.82) is 0 Å². The topological polar surface area (TPSA) is 89.3 Å². The van der Waals surface area contributed by atoms with Gasteiger partial charge in [-0.1, -0.05) is 23.4 Å². The molecule has 1 amide bonds. The van der Waals surface area contributed by atoms with Crippen LogP contribution in [0.2, 0.25) is 0 Å². The summed E-state index contributed by atoms with van der Waals surface area (Å²) in [6, 6.07) is 9.27. The van der Waals surface area contributed by atoms with Crippen molar-refractivity contribution in [3.8, 4) is 5.75 Å². The molecule has 106 valence electrons. The summed E-state index contributed by atoms with van der Waals surface area (Å²) in [7, 11) is 1.55. The first-order chi connectivity index (χ1) is 9.74. The summed E-state index contributed by atoms with van der Waals surface area (Å²) < 4.78 is 7.03. The maximum Gasteiger partial charge on any atom is 0.241 e. The maximum atomic E-state index is 11.4. The van der Waals surface area contributed by atoms with E-state index in [-0.39, 0.29) is 25.7 Å². The second-order valence-electron chi connectivity index (χ2n) is 4.07. The molecule has 0 radical (unpaired) electrons. The number of likely N-dealkylation sites (N-methyl/N-ethyl adjacent to an activating group) is 1. The summed E-state index contributed by atoms with van der Waals surface area (Å²) in [6.07, 6.45) is 0. The zero-order valence-electron chi connectivity index (χ0n) is 11.1. The Balaban J connectivity index is 2.12. The highest BCUT2D eigenvalue weighted by molar-refractivity contribution is 5.75. The number of hydrogen-bond acceptors (Lipinski definition) is 5. The third-order valence-corrected chi connectivity index (χ3v) is 2.76. The number of hydrogen-bond donors (Lipinski definition) is 2. The van der Waals surface area contributed by atoms with E-state index < -0.39 is 0 Å². The minimum absolute atomic E-state index is 0.0387. The number of nitrogens with zero attached hydrogens (tertiary/aromatic N) is 3. The fourth-order valence-corrected chi connectivity index (χ4v) is 1.66. The smallest absolute Gasteiger partial charge is 0.241 e. The number of aromatic nitrogens is 3. The highest BCUT2D eigenvalue weighted by atomic mass is 16.5. The van der Waals surface area contributed by atoms with Gasteiger partial charge in [-0.3, -0.25) is 4.79 Å². The standard InChI is InChI=1S/C13H16N4O3/c1-14-13(19)7-17-12(11(8-18)15-16-17)9-20-10-5-3-2-4-6-10/h2-6,18H,7-9H2,1H3,(H,14,19). The number of carbonyl (C=O) groups is 1. The molecule has 1 aromatic heterocycles. The van der Waals surface area contributed by atoms with Crippen LogP contribution in [0.1, 0.15) is 11.4 Å². The van der Waals surface area contributed by atoms with Crippen molar-refractivity contribution in [3.05, 3.63) is 41.7 Å². The van der Waals surface area contributed by atoms with Gasteiger partial charge >= 0.3 is 0 Å². The summed E-state index contributed by atoms with van der Waals surface area (Å²) in [6.45, 7) is -0.0257. The average molecular weight is 276 g/mol. The van der Waals surface area contributed by atoms with Gasteiger partial charge in [0.2, 0.25) is 5.91 Å². The molecule has 0 unspecified atom stereocenters. The molecule has 0 saturated carbocycles. The number of nitrogens with one attached hydrogen (secondary N) is 1. The van der Waals surface area contributed by atoms with E-state index >= 15 is 0 Å². The molecule has 0 bridgehead atoms. The number of aliphatic hydroxyl groups excluding tert-OH is 1. The molecule has 7 heteroatoms. The van der Waals surface area contributed by atoms with E-state index in [4.69, 9.17) is 4.74 Å². The van der Waals surface area contributed by atoms with E-state index in [0.29, 0.717) is 17.1 Å². The van der Waals surface area contributed by atoms with Gasteiger partial charge in [0.1, 0.15) is 30.3 Å². The molecule has 0 atom stereocenters. The van der Waals surface area contributed by atoms with Gasteiger partial charge in [-0.05, 0) is 12.1 Å². The first-order valence-electron chi connectivity index (χ1n) is 6.15. The quantitative estimate of drug-likeness (QED) is 0.781. The molecule has 0 spiro atoms. The Hall–Kier alpha value is -2.41. The van der Waals surface area contributed by atoms with Gasteiger partial charge in [0.15, 0.2) is 0 Å². The van der Waals surface area contributed by atoms with Crippen LogP contribution in [0.4, 0.5) is 0 Å². The molecular weight excluding hydrogens is 260 g/mol. The predicted octanol–water partition coefficient (Wildman–Crippen LogP) is 0.0954. The molecule has 1 aromatic carbocycles. The number of ether oxygens (including phenoxy) is 1. The minimum Gasteiger partial charge on any atom is -0.487 e. The van der Waals surface area contributed by atoms with E-state index in [1.165, 1.54) is 4.68 Å². The Bertz CT molecular complexity index is 568. The van der Waals surface area contributed by atoms with Crippen molar-refractivity contribution < 1.29 is 14.6 Å². The highest BCUT2D eigenvalue weighted by Gasteiger charge is 2.14. The Morgan fingerprint density at radius 3 is 2.80 bits per heavy atom. The van der Waals surface area contributed by atoms with Crippen LogP contribution in [0.15, 0.2) is 30.3 Å². The van der Waals surface area contributed by atoms with Crippen molar-refractivity contribution in [1.82, 2.24) is 20.3 Å². The molecular formula is C13H16N4O3. The van der Waals surface area contributed by atoms with Crippen LogP contribution in [-0.4, -0.2) is 33.1 Å². The summed E-state index contributed by atoms with van der Waals surface area (Å²) in [5.74, 6) is 0.504. The molecule has 0 aliphatic carbocycles. The zero-order chi connectivity index (χ0) is 14.4. The third-order valence-electron chi connectivity index (χ3n) is 2.76. The Morgan fingerprint density at radius 1 is 1.40 bits per heavy atom. The van der Waals surface area contributed by atoms with Crippen LogP contribution in [0.3, 0.4) is 0 Å². The molecule has 2 rings (SSSR count). The molecule has 20 heavy (non-hydrogen) atoms. The van der Waals surface area contributed by atoms with Crippen LogP contribution < -0.4 is 10.1 Å².